The molecule has 3 aromatic carbocycles. The van der Waals surface area contributed by atoms with Crippen LogP contribution in [0.4, 0.5) is 11.4 Å². The first-order valence-corrected chi connectivity index (χ1v) is 9.88. The van der Waals surface area contributed by atoms with Crippen molar-refractivity contribution in [2.45, 2.75) is 26.8 Å². The van der Waals surface area contributed by atoms with E-state index in [0.717, 1.165) is 45.1 Å². The van der Waals surface area contributed by atoms with Gasteiger partial charge in [-0.2, -0.15) is 0 Å². The van der Waals surface area contributed by atoms with Crippen LogP contribution < -0.4 is 20.1 Å². The Morgan fingerprint density at radius 1 is 0.900 bits per heavy atom. The van der Waals surface area contributed by atoms with Gasteiger partial charge in [0.25, 0.3) is 0 Å². The second kappa shape index (κ2) is 9.35. The van der Waals surface area contributed by atoms with Gasteiger partial charge in [-0.3, -0.25) is 4.79 Å². The summed E-state index contributed by atoms with van der Waals surface area (Å²) in [7, 11) is 3.29. The number of carbonyl (C=O) groups excluding carboxylic acids is 1. The fraction of sp³-hybridized carbons (Fsp3) is 0.240. The van der Waals surface area contributed by atoms with Gasteiger partial charge in [0.2, 0.25) is 5.91 Å². The third kappa shape index (κ3) is 4.92. The molecule has 0 aliphatic carbocycles. The van der Waals surface area contributed by atoms with Gasteiger partial charge in [-0.15, -0.1) is 0 Å². The number of carbonyl (C=O) groups is 1. The van der Waals surface area contributed by atoms with Gasteiger partial charge >= 0.3 is 0 Å². The monoisotopic (exact) mass is 404 g/mol. The van der Waals surface area contributed by atoms with Crippen molar-refractivity contribution in [3.8, 4) is 22.6 Å². The summed E-state index contributed by atoms with van der Waals surface area (Å²) in [6.07, 6.45) is 0. The maximum Gasteiger partial charge on any atom is 0.246 e. The molecule has 0 heterocycles. The summed E-state index contributed by atoms with van der Waals surface area (Å²) in [6.45, 7) is 5.84. The molecule has 0 saturated carbocycles. The molecule has 0 unspecified atom stereocenters. The van der Waals surface area contributed by atoms with Crippen LogP contribution in [0.3, 0.4) is 0 Å². The maximum absolute atomic E-state index is 12.7. The SMILES string of the molecule is COc1ccc(-c2cc(N[C@@H](C)C(=O)Nc3cc(C)ccc3C)ccc2OC)cc1. The van der Waals surface area contributed by atoms with Crippen molar-refractivity contribution < 1.29 is 14.3 Å². The fourth-order valence-electron chi connectivity index (χ4n) is 3.22. The van der Waals surface area contributed by atoms with E-state index in [1.165, 1.54) is 0 Å². The molecule has 0 spiro atoms. The molecule has 5 nitrogen and oxygen atoms in total. The molecule has 0 saturated heterocycles. The molecular weight excluding hydrogens is 376 g/mol. The topological polar surface area (TPSA) is 59.6 Å². The highest BCUT2D eigenvalue weighted by molar-refractivity contribution is 5.97. The van der Waals surface area contributed by atoms with Crippen LogP contribution in [0.1, 0.15) is 18.1 Å². The summed E-state index contributed by atoms with van der Waals surface area (Å²) in [5, 5.41) is 6.30. The van der Waals surface area contributed by atoms with Crippen LogP contribution in [0.25, 0.3) is 11.1 Å². The third-order valence-corrected chi connectivity index (χ3v) is 5.03. The molecule has 156 valence electrons. The number of aryl methyl sites for hydroxylation is 2. The van der Waals surface area contributed by atoms with E-state index < -0.39 is 6.04 Å². The molecule has 2 N–H and O–H groups in total. The Bertz CT molecular complexity index is 1030. The van der Waals surface area contributed by atoms with Crippen molar-refractivity contribution in [2.75, 3.05) is 24.9 Å². The normalized spacial score (nSPS) is 11.5. The summed E-state index contributed by atoms with van der Waals surface area (Å²) < 4.78 is 10.8. The first kappa shape index (κ1) is 21.2. The average Bonchev–Trinajstić information content (AvgIpc) is 2.76. The van der Waals surface area contributed by atoms with Gasteiger partial charge in [-0.25, -0.2) is 0 Å². The molecule has 1 amide bonds. The van der Waals surface area contributed by atoms with Crippen LogP contribution >= 0.6 is 0 Å². The minimum atomic E-state index is -0.415. The van der Waals surface area contributed by atoms with E-state index >= 15 is 0 Å². The number of hydrogen-bond donors (Lipinski definition) is 2. The molecule has 0 aromatic heterocycles. The van der Waals surface area contributed by atoms with Crippen LogP contribution in [0.15, 0.2) is 60.7 Å². The van der Waals surface area contributed by atoms with Gasteiger partial charge in [0.1, 0.15) is 17.5 Å². The highest BCUT2D eigenvalue weighted by Crippen LogP contribution is 2.33. The summed E-state index contributed by atoms with van der Waals surface area (Å²) in [6, 6.07) is 19.2. The zero-order valence-corrected chi connectivity index (χ0v) is 18.1. The minimum Gasteiger partial charge on any atom is -0.497 e. The van der Waals surface area contributed by atoms with Crippen molar-refractivity contribution >= 4 is 17.3 Å². The van der Waals surface area contributed by atoms with E-state index in [1.54, 1.807) is 14.2 Å². The second-order valence-corrected chi connectivity index (χ2v) is 7.32. The smallest absolute Gasteiger partial charge is 0.246 e. The lowest BCUT2D eigenvalue weighted by Gasteiger charge is -2.18. The molecular formula is C25H28N2O3. The van der Waals surface area contributed by atoms with Crippen molar-refractivity contribution in [2.24, 2.45) is 0 Å². The van der Waals surface area contributed by atoms with Crippen LogP contribution in [-0.2, 0) is 4.79 Å². The molecule has 0 aliphatic heterocycles. The molecule has 1 atom stereocenters. The number of benzene rings is 3. The van der Waals surface area contributed by atoms with E-state index in [9.17, 15) is 4.79 Å². The molecule has 3 rings (SSSR count). The Kier molecular flexibility index (Phi) is 6.62. The van der Waals surface area contributed by atoms with Crippen LogP contribution in [0.2, 0.25) is 0 Å². The number of hydrogen-bond acceptors (Lipinski definition) is 4. The number of methoxy groups -OCH3 is 2. The lowest BCUT2D eigenvalue weighted by atomic mass is 10.0. The lowest BCUT2D eigenvalue weighted by Crippen LogP contribution is -2.32. The molecule has 0 radical (unpaired) electrons. The average molecular weight is 405 g/mol. The van der Waals surface area contributed by atoms with E-state index in [4.69, 9.17) is 9.47 Å². The van der Waals surface area contributed by atoms with Gasteiger partial charge < -0.3 is 20.1 Å². The Hall–Kier alpha value is -3.47. The molecule has 0 fully saturated rings. The van der Waals surface area contributed by atoms with Gasteiger partial charge in [0.15, 0.2) is 0 Å². The number of anilines is 2. The van der Waals surface area contributed by atoms with E-state index in [2.05, 4.69) is 10.6 Å². The van der Waals surface area contributed by atoms with E-state index in [-0.39, 0.29) is 5.91 Å². The zero-order chi connectivity index (χ0) is 21.7. The quantitative estimate of drug-likeness (QED) is 0.551. The van der Waals surface area contributed by atoms with Crippen LogP contribution in [-0.4, -0.2) is 26.2 Å². The zero-order valence-electron chi connectivity index (χ0n) is 18.1. The van der Waals surface area contributed by atoms with Gasteiger partial charge in [0.05, 0.1) is 14.2 Å². The first-order chi connectivity index (χ1) is 14.4. The Balaban J connectivity index is 1.78. The van der Waals surface area contributed by atoms with Crippen LogP contribution in [0.5, 0.6) is 11.5 Å². The van der Waals surface area contributed by atoms with Crippen LogP contribution in [0, 0.1) is 13.8 Å². The Morgan fingerprint density at radius 2 is 1.63 bits per heavy atom. The maximum atomic E-state index is 12.7. The first-order valence-electron chi connectivity index (χ1n) is 9.88. The third-order valence-electron chi connectivity index (χ3n) is 5.03. The van der Waals surface area contributed by atoms with E-state index in [0.29, 0.717) is 0 Å². The van der Waals surface area contributed by atoms with Crippen molar-refractivity contribution in [3.63, 3.8) is 0 Å². The van der Waals surface area contributed by atoms with Gasteiger partial charge in [-0.1, -0.05) is 24.3 Å². The van der Waals surface area contributed by atoms with Gasteiger partial charge in [0, 0.05) is 16.9 Å². The molecule has 30 heavy (non-hydrogen) atoms. The molecule has 5 heteroatoms. The predicted octanol–water partition coefficient (Wildman–Crippen LogP) is 5.43. The largest absolute Gasteiger partial charge is 0.497 e. The van der Waals surface area contributed by atoms with Crippen molar-refractivity contribution in [3.05, 3.63) is 71.8 Å². The number of ether oxygens (including phenoxy) is 2. The summed E-state index contributed by atoms with van der Waals surface area (Å²) in [4.78, 5) is 12.7. The Morgan fingerprint density at radius 3 is 2.30 bits per heavy atom. The summed E-state index contributed by atoms with van der Waals surface area (Å²) >= 11 is 0. The number of rotatable bonds is 7. The second-order valence-electron chi connectivity index (χ2n) is 7.32. The summed E-state index contributed by atoms with van der Waals surface area (Å²) in [5.41, 5.74) is 5.76. The molecule has 0 aliphatic rings. The van der Waals surface area contributed by atoms with Gasteiger partial charge in [-0.05, 0) is 73.9 Å². The molecule has 0 bridgehead atoms. The van der Waals surface area contributed by atoms with Crippen molar-refractivity contribution in [1.29, 1.82) is 0 Å². The summed E-state index contributed by atoms with van der Waals surface area (Å²) in [5.74, 6) is 1.47. The van der Waals surface area contributed by atoms with Crippen molar-refractivity contribution in [1.82, 2.24) is 0 Å². The highest BCUT2D eigenvalue weighted by atomic mass is 16.5. The fourth-order valence-corrected chi connectivity index (χ4v) is 3.22. The number of amides is 1. The Labute approximate surface area is 178 Å². The highest BCUT2D eigenvalue weighted by Gasteiger charge is 2.15. The van der Waals surface area contributed by atoms with E-state index in [1.807, 2.05) is 81.4 Å². The predicted molar refractivity (Wildman–Crippen MR) is 123 cm³/mol. The minimum absolute atomic E-state index is 0.0921. The molecule has 3 aromatic rings. The number of nitrogens with one attached hydrogen (secondary N) is 2. The standard InChI is InChI=1S/C25H28N2O3/c1-16-6-7-17(2)23(14-16)27-25(28)18(3)26-20-10-13-24(30-5)22(15-20)19-8-11-21(29-4)12-9-19/h6-15,18,26H,1-5H3,(H,27,28)/t18-/m0/s1. The lowest BCUT2D eigenvalue weighted by molar-refractivity contribution is -0.116.